The van der Waals surface area contributed by atoms with Crippen LogP contribution in [0.3, 0.4) is 0 Å². The minimum Gasteiger partial charge on any atom is -0.493 e. The minimum absolute atomic E-state index is 0.0944. The molecule has 0 bridgehead atoms. The molecule has 1 aliphatic rings. The van der Waals surface area contributed by atoms with Crippen molar-refractivity contribution in [2.24, 2.45) is 0 Å². The molecule has 0 radical (unpaired) electrons. The first-order chi connectivity index (χ1) is 13.9. The number of nitro benzene ring substituents is 1. The van der Waals surface area contributed by atoms with E-state index in [2.05, 4.69) is 4.90 Å². The highest BCUT2D eigenvalue weighted by molar-refractivity contribution is 6.34. The lowest BCUT2D eigenvalue weighted by molar-refractivity contribution is -0.384. The van der Waals surface area contributed by atoms with Crippen LogP contribution >= 0.6 is 11.6 Å². The summed E-state index contributed by atoms with van der Waals surface area (Å²) in [7, 11) is 3.21. The molecule has 8 nitrogen and oxygen atoms in total. The molecule has 0 aromatic heterocycles. The predicted octanol–water partition coefficient (Wildman–Crippen LogP) is 3.22. The second-order valence-electron chi connectivity index (χ2n) is 6.68. The van der Waals surface area contributed by atoms with Gasteiger partial charge in [0.25, 0.3) is 11.6 Å². The van der Waals surface area contributed by atoms with Crippen LogP contribution in [-0.4, -0.2) is 61.0 Å². The Balaban J connectivity index is 1.60. The fourth-order valence-corrected chi connectivity index (χ4v) is 3.56. The van der Waals surface area contributed by atoms with Crippen molar-refractivity contribution in [2.75, 3.05) is 40.4 Å². The molecule has 29 heavy (non-hydrogen) atoms. The fourth-order valence-electron chi connectivity index (χ4n) is 3.31. The molecule has 0 spiro atoms. The number of amides is 1. The highest BCUT2D eigenvalue weighted by atomic mass is 35.5. The lowest BCUT2D eigenvalue weighted by Crippen LogP contribution is -2.48. The summed E-state index contributed by atoms with van der Waals surface area (Å²) < 4.78 is 10.6. The Kier molecular flexibility index (Phi) is 6.56. The van der Waals surface area contributed by atoms with Gasteiger partial charge in [-0.15, -0.1) is 0 Å². The van der Waals surface area contributed by atoms with E-state index in [-0.39, 0.29) is 22.2 Å². The van der Waals surface area contributed by atoms with Gasteiger partial charge in [0.2, 0.25) is 0 Å². The second-order valence-corrected chi connectivity index (χ2v) is 7.09. The van der Waals surface area contributed by atoms with Crippen LogP contribution in [-0.2, 0) is 6.54 Å². The Bertz CT molecular complexity index is 913. The third-order valence-corrected chi connectivity index (χ3v) is 5.22. The molecule has 3 rings (SSSR count). The predicted molar refractivity (Wildman–Crippen MR) is 109 cm³/mol. The molecule has 0 aliphatic carbocycles. The molecule has 1 heterocycles. The minimum atomic E-state index is -0.535. The number of non-ortho nitro benzene ring substituents is 1. The van der Waals surface area contributed by atoms with Gasteiger partial charge in [0.15, 0.2) is 11.5 Å². The van der Waals surface area contributed by atoms with E-state index >= 15 is 0 Å². The first-order valence-corrected chi connectivity index (χ1v) is 9.47. The van der Waals surface area contributed by atoms with Crippen LogP contribution < -0.4 is 9.47 Å². The number of carbonyl (C=O) groups excluding carboxylic acids is 1. The Hall–Kier alpha value is -2.84. The van der Waals surface area contributed by atoms with Gasteiger partial charge >= 0.3 is 0 Å². The number of nitrogens with zero attached hydrogens (tertiary/aromatic N) is 3. The zero-order valence-electron chi connectivity index (χ0n) is 16.3. The monoisotopic (exact) mass is 419 g/mol. The van der Waals surface area contributed by atoms with Crippen molar-refractivity contribution >= 4 is 23.2 Å². The number of nitro groups is 1. The van der Waals surface area contributed by atoms with Crippen LogP contribution in [0.2, 0.25) is 5.02 Å². The molecule has 0 atom stereocenters. The summed E-state index contributed by atoms with van der Waals surface area (Å²) in [5, 5.41) is 10.9. The Labute approximate surface area is 173 Å². The first-order valence-electron chi connectivity index (χ1n) is 9.09. The molecule has 2 aromatic carbocycles. The van der Waals surface area contributed by atoms with E-state index in [1.165, 1.54) is 18.2 Å². The third kappa shape index (κ3) is 4.78. The van der Waals surface area contributed by atoms with Gasteiger partial charge in [-0.2, -0.15) is 0 Å². The van der Waals surface area contributed by atoms with Gasteiger partial charge in [-0.1, -0.05) is 17.7 Å². The number of halogens is 1. The van der Waals surface area contributed by atoms with Crippen molar-refractivity contribution in [1.82, 2.24) is 9.80 Å². The summed E-state index contributed by atoms with van der Waals surface area (Å²) in [5.74, 6) is 1.16. The van der Waals surface area contributed by atoms with Gasteiger partial charge in [-0.05, 0) is 23.8 Å². The van der Waals surface area contributed by atoms with Crippen molar-refractivity contribution < 1.29 is 19.2 Å². The molecule has 1 aliphatic heterocycles. The SMILES string of the molecule is COc1ccc(CN2CCN(C(=O)c3ccc([N+](=O)[O-])cc3Cl)CC2)cc1OC. The van der Waals surface area contributed by atoms with Crippen molar-refractivity contribution in [2.45, 2.75) is 6.54 Å². The van der Waals surface area contributed by atoms with Gasteiger partial charge in [-0.25, -0.2) is 0 Å². The molecule has 1 fully saturated rings. The van der Waals surface area contributed by atoms with Gasteiger partial charge in [-0.3, -0.25) is 19.8 Å². The van der Waals surface area contributed by atoms with E-state index in [1.54, 1.807) is 19.1 Å². The normalized spacial score (nSPS) is 14.5. The van der Waals surface area contributed by atoms with Crippen molar-refractivity contribution in [1.29, 1.82) is 0 Å². The van der Waals surface area contributed by atoms with Gasteiger partial charge in [0, 0.05) is 44.9 Å². The molecule has 2 aromatic rings. The van der Waals surface area contributed by atoms with E-state index in [9.17, 15) is 14.9 Å². The summed E-state index contributed by atoms with van der Waals surface area (Å²) in [6.45, 7) is 3.27. The summed E-state index contributed by atoms with van der Waals surface area (Å²) in [6, 6.07) is 9.75. The summed E-state index contributed by atoms with van der Waals surface area (Å²) in [5.41, 5.74) is 1.25. The van der Waals surface area contributed by atoms with E-state index < -0.39 is 4.92 Å². The Morgan fingerprint density at radius 2 is 1.76 bits per heavy atom. The molecule has 1 saturated heterocycles. The molecule has 0 saturated carbocycles. The van der Waals surface area contributed by atoms with E-state index in [0.717, 1.165) is 12.1 Å². The maximum Gasteiger partial charge on any atom is 0.270 e. The number of carbonyl (C=O) groups is 1. The van der Waals surface area contributed by atoms with Crippen LogP contribution in [0.4, 0.5) is 5.69 Å². The largest absolute Gasteiger partial charge is 0.493 e. The smallest absolute Gasteiger partial charge is 0.270 e. The Morgan fingerprint density at radius 3 is 2.34 bits per heavy atom. The maximum absolute atomic E-state index is 12.7. The zero-order chi connectivity index (χ0) is 21.0. The summed E-state index contributed by atoms with van der Waals surface area (Å²) in [4.78, 5) is 27.0. The highest BCUT2D eigenvalue weighted by Crippen LogP contribution is 2.28. The standard InChI is InChI=1S/C20H22ClN3O5/c1-28-18-6-3-14(11-19(18)29-2)13-22-7-9-23(10-8-22)20(25)16-5-4-15(24(26)27)12-17(16)21/h3-6,11-12H,7-10,13H2,1-2H3. The van der Waals surface area contributed by atoms with Crippen LogP contribution in [0.1, 0.15) is 15.9 Å². The molecule has 9 heteroatoms. The van der Waals surface area contributed by atoms with E-state index in [1.807, 2.05) is 18.2 Å². The molecule has 0 N–H and O–H groups in total. The van der Waals surface area contributed by atoms with Gasteiger partial charge in [0.05, 0.1) is 29.7 Å². The number of benzene rings is 2. The first kappa shape index (κ1) is 20.9. The molecule has 154 valence electrons. The highest BCUT2D eigenvalue weighted by Gasteiger charge is 2.24. The average Bonchev–Trinajstić information content (AvgIpc) is 2.73. The quantitative estimate of drug-likeness (QED) is 0.528. The number of methoxy groups -OCH3 is 2. The summed E-state index contributed by atoms with van der Waals surface area (Å²) in [6.07, 6.45) is 0. The maximum atomic E-state index is 12.7. The lowest BCUT2D eigenvalue weighted by Gasteiger charge is -2.35. The number of ether oxygens (including phenoxy) is 2. The third-order valence-electron chi connectivity index (χ3n) is 4.91. The number of hydrogen-bond donors (Lipinski definition) is 0. The van der Waals surface area contributed by atoms with E-state index in [4.69, 9.17) is 21.1 Å². The van der Waals surface area contributed by atoms with Crippen molar-refractivity contribution in [3.8, 4) is 11.5 Å². The average molecular weight is 420 g/mol. The second kappa shape index (κ2) is 9.11. The van der Waals surface area contributed by atoms with Crippen LogP contribution in [0.15, 0.2) is 36.4 Å². The van der Waals surface area contributed by atoms with Crippen LogP contribution in [0, 0.1) is 10.1 Å². The van der Waals surface area contributed by atoms with Gasteiger partial charge < -0.3 is 14.4 Å². The van der Waals surface area contributed by atoms with Crippen molar-refractivity contribution in [3.63, 3.8) is 0 Å². The summed E-state index contributed by atoms with van der Waals surface area (Å²) >= 11 is 6.09. The topological polar surface area (TPSA) is 85.2 Å². The van der Waals surface area contributed by atoms with Gasteiger partial charge in [0.1, 0.15) is 0 Å². The molecule has 0 unspecified atom stereocenters. The van der Waals surface area contributed by atoms with Crippen LogP contribution in [0.5, 0.6) is 11.5 Å². The number of piperazine rings is 1. The number of hydrogen-bond acceptors (Lipinski definition) is 6. The van der Waals surface area contributed by atoms with E-state index in [0.29, 0.717) is 37.7 Å². The molecular formula is C20H22ClN3O5. The van der Waals surface area contributed by atoms with Crippen molar-refractivity contribution in [3.05, 3.63) is 62.7 Å². The lowest BCUT2D eigenvalue weighted by atomic mass is 10.1. The zero-order valence-corrected chi connectivity index (χ0v) is 17.0. The molecule has 1 amide bonds. The molecular weight excluding hydrogens is 398 g/mol. The fraction of sp³-hybridized carbons (Fsp3) is 0.350. The Morgan fingerprint density at radius 1 is 1.07 bits per heavy atom. The number of rotatable bonds is 6. The van der Waals surface area contributed by atoms with Crippen LogP contribution in [0.25, 0.3) is 0 Å².